The molecule has 1 saturated heterocycles. The first kappa shape index (κ1) is 21.0. The van der Waals surface area contributed by atoms with Crippen LogP contribution >= 0.6 is 11.6 Å². The van der Waals surface area contributed by atoms with Gasteiger partial charge >= 0.3 is 0 Å². The fourth-order valence-electron chi connectivity index (χ4n) is 3.32. The summed E-state index contributed by atoms with van der Waals surface area (Å²) in [5, 5.41) is 3.50. The lowest BCUT2D eigenvalue weighted by molar-refractivity contribution is -0.134. The summed E-state index contributed by atoms with van der Waals surface area (Å²) in [4.78, 5) is 38.2. The average molecular weight is 416 g/mol. The number of carbonyl (C=O) groups excluding carboxylic acids is 2. The number of nitrogens with one attached hydrogen (secondary N) is 1. The van der Waals surface area contributed by atoms with Crippen LogP contribution in [0.4, 0.5) is 5.82 Å². The van der Waals surface area contributed by atoms with Gasteiger partial charge in [0.15, 0.2) is 0 Å². The van der Waals surface area contributed by atoms with Crippen LogP contribution in [0.15, 0.2) is 42.9 Å². The molecule has 8 heteroatoms. The maximum atomic E-state index is 13.2. The predicted molar refractivity (Wildman–Crippen MR) is 113 cm³/mol. The van der Waals surface area contributed by atoms with Crippen molar-refractivity contribution >= 4 is 29.2 Å². The van der Waals surface area contributed by atoms with Gasteiger partial charge < -0.3 is 15.1 Å². The van der Waals surface area contributed by atoms with Crippen LogP contribution in [-0.4, -0.2) is 58.9 Å². The van der Waals surface area contributed by atoms with E-state index in [-0.39, 0.29) is 17.7 Å². The van der Waals surface area contributed by atoms with Crippen molar-refractivity contribution in [3.63, 3.8) is 0 Å². The van der Waals surface area contributed by atoms with Gasteiger partial charge in [0.05, 0.1) is 6.20 Å². The Morgan fingerprint density at radius 3 is 2.41 bits per heavy atom. The number of carbonyl (C=O) groups is 2. The molecule has 2 aromatic rings. The van der Waals surface area contributed by atoms with Crippen LogP contribution in [0.3, 0.4) is 0 Å². The zero-order chi connectivity index (χ0) is 20.8. The number of halogens is 1. The Bertz CT molecular complexity index is 823. The first-order chi connectivity index (χ1) is 14.0. The summed E-state index contributed by atoms with van der Waals surface area (Å²) in [5.41, 5.74) is 0.489. The van der Waals surface area contributed by atoms with Gasteiger partial charge in [-0.3, -0.25) is 14.6 Å². The summed E-state index contributed by atoms with van der Waals surface area (Å²) in [5.74, 6) is 0.532. The Kier molecular flexibility index (Phi) is 7.04. The molecule has 1 aromatic carbocycles. The summed E-state index contributed by atoms with van der Waals surface area (Å²) < 4.78 is 0. The summed E-state index contributed by atoms with van der Waals surface area (Å²) in [6, 6.07) is 6.10. The summed E-state index contributed by atoms with van der Waals surface area (Å²) in [6.07, 6.45) is 5.82. The van der Waals surface area contributed by atoms with E-state index < -0.39 is 6.04 Å². The highest BCUT2D eigenvalue weighted by molar-refractivity contribution is 6.30. The van der Waals surface area contributed by atoms with Crippen molar-refractivity contribution in [2.24, 2.45) is 5.92 Å². The Labute approximate surface area is 176 Å². The number of amides is 2. The fraction of sp³-hybridized carbons (Fsp3) is 0.429. The Hall–Kier alpha value is -2.67. The van der Waals surface area contributed by atoms with Crippen LogP contribution in [0, 0.1) is 5.92 Å². The molecule has 0 unspecified atom stereocenters. The molecule has 7 nitrogen and oxygen atoms in total. The van der Waals surface area contributed by atoms with E-state index in [2.05, 4.69) is 20.2 Å². The molecular weight excluding hydrogens is 390 g/mol. The van der Waals surface area contributed by atoms with Crippen molar-refractivity contribution in [2.45, 2.75) is 26.3 Å². The fourth-order valence-corrected chi connectivity index (χ4v) is 3.44. The molecular formula is C21H26ClN5O2. The lowest BCUT2D eigenvalue weighted by Crippen LogP contribution is -2.56. The molecule has 1 aliphatic heterocycles. The number of aromatic nitrogens is 2. The number of anilines is 1. The Morgan fingerprint density at radius 2 is 1.83 bits per heavy atom. The highest BCUT2D eigenvalue weighted by atomic mass is 35.5. The summed E-state index contributed by atoms with van der Waals surface area (Å²) in [6.45, 7) is 6.54. The molecule has 2 heterocycles. The van der Waals surface area contributed by atoms with Crippen molar-refractivity contribution in [2.75, 3.05) is 31.1 Å². The van der Waals surface area contributed by atoms with Gasteiger partial charge in [0, 0.05) is 49.2 Å². The SMILES string of the molecule is CC[C@@H](C)[C@@H](NC(=O)c1ccc(Cl)cc1)C(=O)N1CCN(c2cnccn2)CC1. The lowest BCUT2D eigenvalue weighted by atomic mass is 9.97. The minimum absolute atomic E-state index is 0.0248. The number of rotatable bonds is 6. The smallest absolute Gasteiger partial charge is 0.251 e. The molecule has 2 atom stereocenters. The molecule has 29 heavy (non-hydrogen) atoms. The maximum Gasteiger partial charge on any atom is 0.251 e. The summed E-state index contributed by atoms with van der Waals surface area (Å²) in [7, 11) is 0. The predicted octanol–water partition coefficient (Wildman–Crippen LogP) is 2.62. The van der Waals surface area contributed by atoms with E-state index in [4.69, 9.17) is 11.6 Å². The van der Waals surface area contributed by atoms with Gasteiger partial charge in [-0.1, -0.05) is 31.9 Å². The topological polar surface area (TPSA) is 78.4 Å². The zero-order valence-electron chi connectivity index (χ0n) is 16.7. The second-order valence-corrected chi connectivity index (χ2v) is 7.66. The van der Waals surface area contributed by atoms with Gasteiger partial charge in [0.25, 0.3) is 5.91 Å². The van der Waals surface area contributed by atoms with Crippen molar-refractivity contribution in [1.29, 1.82) is 0 Å². The molecule has 0 spiro atoms. The number of piperazine rings is 1. The van der Waals surface area contributed by atoms with E-state index in [1.807, 2.05) is 18.7 Å². The minimum atomic E-state index is -0.564. The molecule has 0 radical (unpaired) electrons. The zero-order valence-corrected chi connectivity index (χ0v) is 17.5. The van der Waals surface area contributed by atoms with Crippen molar-refractivity contribution < 1.29 is 9.59 Å². The number of hydrogen-bond donors (Lipinski definition) is 1. The van der Waals surface area contributed by atoms with Crippen LogP contribution in [0.5, 0.6) is 0 Å². The maximum absolute atomic E-state index is 13.2. The molecule has 1 aromatic heterocycles. The van der Waals surface area contributed by atoms with E-state index in [1.165, 1.54) is 0 Å². The van der Waals surface area contributed by atoms with E-state index in [0.717, 1.165) is 12.2 Å². The number of nitrogens with zero attached hydrogens (tertiary/aromatic N) is 4. The molecule has 0 saturated carbocycles. The average Bonchev–Trinajstić information content (AvgIpc) is 2.77. The van der Waals surface area contributed by atoms with Crippen LogP contribution < -0.4 is 10.2 Å². The van der Waals surface area contributed by atoms with Crippen LogP contribution in [-0.2, 0) is 4.79 Å². The second-order valence-electron chi connectivity index (χ2n) is 7.22. The van der Waals surface area contributed by atoms with E-state index in [1.54, 1.807) is 42.9 Å². The normalized spacial score (nSPS) is 16.2. The molecule has 1 N–H and O–H groups in total. The van der Waals surface area contributed by atoms with Crippen LogP contribution in [0.1, 0.15) is 30.6 Å². The van der Waals surface area contributed by atoms with E-state index >= 15 is 0 Å². The van der Waals surface area contributed by atoms with Gasteiger partial charge in [-0.2, -0.15) is 0 Å². The number of benzene rings is 1. The highest BCUT2D eigenvalue weighted by Gasteiger charge is 2.32. The molecule has 3 rings (SSSR count). The van der Waals surface area contributed by atoms with E-state index in [0.29, 0.717) is 36.8 Å². The number of hydrogen-bond acceptors (Lipinski definition) is 5. The van der Waals surface area contributed by atoms with Gasteiger partial charge in [-0.25, -0.2) is 4.98 Å². The van der Waals surface area contributed by atoms with Gasteiger partial charge in [0.1, 0.15) is 11.9 Å². The largest absolute Gasteiger partial charge is 0.352 e. The molecule has 0 bridgehead atoms. The molecule has 1 fully saturated rings. The van der Waals surface area contributed by atoms with Gasteiger partial charge in [-0.05, 0) is 30.2 Å². The van der Waals surface area contributed by atoms with Crippen molar-refractivity contribution in [3.05, 3.63) is 53.4 Å². The Balaban J connectivity index is 1.65. The second kappa shape index (κ2) is 9.69. The van der Waals surface area contributed by atoms with Crippen LogP contribution in [0.2, 0.25) is 5.02 Å². The van der Waals surface area contributed by atoms with Gasteiger partial charge in [-0.15, -0.1) is 0 Å². The molecule has 1 aliphatic rings. The van der Waals surface area contributed by atoms with Crippen molar-refractivity contribution in [3.8, 4) is 0 Å². The van der Waals surface area contributed by atoms with Crippen molar-refractivity contribution in [1.82, 2.24) is 20.2 Å². The minimum Gasteiger partial charge on any atom is -0.352 e. The monoisotopic (exact) mass is 415 g/mol. The third-order valence-electron chi connectivity index (χ3n) is 5.34. The third kappa shape index (κ3) is 5.23. The Morgan fingerprint density at radius 1 is 1.14 bits per heavy atom. The first-order valence-electron chi connectivity index (χ1n) is 9.85. The molecule has 2 amide bonds. The van der Waals surface area contributed by atoms with E-state index in [9.17, 15) is 9.59 Å². The molecule has 0 aliphatic carbocycles. The lowest BCUT2D eigenvalue weighted by Gasteiger charge is -2.38. The van der Waals surface area contributed by atoms with Crippen LogP contribution in [0.25, 0.3) is 0 Å². The first-order valence-corrected chi connectivity index (χ1v) is 10.2. The third-order valence-corrected chi connectivity index (χ3v) is 5.59. The van der Waals surface area contributed by atoms with Gasteiger partial charge in [0.2, 0.25) is 5.91 Å². The standard InChI is InChI=1S/C21H26ClN5O2/c1-3-15(2)19(25-20(28)16-4-6-17(22)7-5-16)21(29)27-12-10-26(11-13-27)18-14-23-8-9-24-18/h4-9,14-15,19H,3,10-13H2,1-2H3,(H,25,28)/t15-,19-/m1/s1. The summed E-state index contributed by atoms with van der Waals surface area (Å²) >= 11 is 5.90. The quantitative estimate of drug-likeness (QED) is 0.784. The molecule has 154 valence electrons. The highest BCUT2D eigenvalue weighted by Crippen LogP contribution is 2.17.